The molecule has 0 saturated heterocycles. The van der Waals surface area contributed by atoms with E-state index in [1.807, 2.05) is 12.1 Å². The molecule has 0 unspecified atom stereocenters. The molecular formula is C11H17FNO+. The standard InChI is InChI=1S/C11H16FNO/c1-9(8-14-2)13-7-10-3-5-11(12)6-4-10/h3-6,9,13H,7-8H2,1-2H3/p+1/t9-/m0/s1. The van der Waals surface area contributed by atoms with Crippen molar-refractivity contribution in [2.75, 3.05) is 13.7 Å². The molecule has 3 heteroatoms. The number of rotatable bonds is 5. The maximum absolute atomic E-state index is 12.6. The largest absolute Gasteiger partial charge is 0.379 e. The van der Waals surface area contributed by atoms with Gasteiger partial charge in [0, 0.05) is 12.7 Å². The van der Waals surface area contributed by atoms with E-state index in [-0.39, 0.29) is 5.82 Å². The van der Waals surface area contributed by atoms with Crippen molar-refractivity contribution in [1.82, 2.24) is 0 Å². The molecule has 1 rings (SSSR count). The fourth-order valence-corrected chi connectivity index (χ4v) is 1.29. The first kappa shape index (κ1) is 11.1. The van der Waals surface area contributed by atoms with Gasteiger partial charge in [0.1, 0.15) is 18.4 Å². The highest BCUT2D eigenvalue weighted by atomic mass is 19.1. The lowest BCUT2D eigenvalue weighted by atomic mass is 10.2. The Hall–Kier alpha value is -0.930. The molecule has 2 nitrogen and oxygen atoms in total. The van der Waals surface area contributed by atoms with Crippen molar-refractivity contribution >= 4 is 0 Å². The Morgan fingerprint density at radius 1 is 1.36 bits per heavy atom. The Labute approximate surface area is 84.1 Å². The maximum atomic E-state index is 12.6. The molecule has 0 radical (unpaired) electrons. The van der Waals surface area contributed by atoms with E-state index in [4.69, 9.17) is 4.74 Å². The lowest BCUT2D eigenvalue weighted by Gasteiger charge is -2.09. The smallest absolute Gasteiger partial charge is 0.123 e. The first-order chi connectivity index (χ1) is 6.72. The zero-order valence-electron chi connectivity index (χ0n) is 8.66. The molecule has 0 heterocycles. The van der Waals surface area contributed by atoms with Gasteiger partial charge in [0.2, 0.25) is 0 Å². The quantitative estimate of drug-likeness (QED) is 0.748. The molecule has 78 valence electrons. The average molecular weight is 198 g/mol. The summed E-state index contributed by atoms with van der Waals surface area (Å²) in [7, 11) is 1.70. The van der Waals surface area contributed by atoms with Crippen LogP contribution in [0.4, 0.5) is 4.39 Å². The molecule has 0 aromatic heterocycles. The van der Waals surface area contributed by atoms with Gasteiger partial charge in [0.05, 0.1) is 6.61 Å². The van der Waals surface area contributed by atoms with Gasteiger partial charge in [0.25, 0.3) is 0 Å². The van der Waals surface area contributed by atoms with Crippen LogP contribution in [-0.2, 0) is 11.3 Å². The molecule has 1 aromatic carbocycles. The summed E-state index contributed by atoms with van der Waals surface area (Å²) in [4.78, 5) is 0. The first-order valence-electron chi connectivity index (χ1n) is 4.79. The number of methoxy groups -OCH3 is 1. The minimum absolute atomic E-state index is 0.182. The molecule has 1 atom stereocenters. The predicted octanol–water partition coefficient (Wildman–Crippen LogP) is 0.924. The van der Waals surface area contributed by atoms with Crippen molar-refractivity contribution in [2.24, 2.45) is 0 Å². The second-order valence-electron chi connectivity index (χ2n) is 3.50. The van der Waals surface area contributed by atoms with Gasteiger partial charge in [0.15, 0.2) is 0 Å². The molecule has 14 heavy (non-hydrogen) atoms. The van der Waals surface area contributed by atoms with E-state index in [0.717, 1.165) is 18.7 Å². The summed E-state index contributed by atoms with van der Waals surface area (Å²) < 4.78 is 17.6. The summed E-state index contributed by atoms with van der Waals surface area (Å²) in [5.74, 6) is -0.182. The highest BCUT2D eigenvalue weighted by Gasteiger charge is 2.03. The summed E-state index contributed by atoms with van der Waals surface area (Å²) >= 11 is 0. The molecular weight excluding hydrogens is 181 g/mol. The summed E-state index contributed by atoms with van der Waals surface area (Å²) in [6.45, 7) is 3.71. The zero-order valence-corrected chi connectivity index (χ0v) is 8.66. The van der Waals surface area contributed by atoms with Crippen LogP contribution in [0.3, 0.4) is 0 Å². The first-order valence-corrected chi connectivity index (χ1v) is 4.79. The van der Waals surface area contributed by atoms with Gasteiger partial charge < -0.3 is 10.1 Å². The number of ether oxygens (including phenoxy) is 1. The third kappa shape index (κ3) is 3.85. The average Bonchev–Trinajstić information content (AvgIpc) is 2.17. The Balaban J connectivity index is 2.34. The Morgan fingerprint density at radius 2 is 2.00 bits per heavy atom. The highest BCUT2D eigenvalue weighted by molar-refractivity contribution is 5.14. The highest BCUT2D eigenvalue weighted by Crippen LogP contribution is 2.00. The lowest BCUT2D eigenvalue weighted by molar-refractivity contribution is -0.702. The predicted molar refractivity (Wildman–Crippen MR) is 53.4 cm³/mol. The molecule has 0 fully saturated rings. The van der Waals surface area contributed by atoms with Crippen LogP contribution < -0.4 is 5.32 Å². The molecule has 0 aliphatic heterocycles. The fourth-order valence-electron chi connectivity index (χ4n) is 1.29. The second-order valence-corrected chi connectivity index (χ2v) is 3.50. The van der Waals surface area contributed by atoms with Gasteiger partial charge in [-0.25, -0.2) is 4.39 Å². The number of hydrogen-bond acceptors (Lipinski definition) is 1. The monoisotopic (exact) mass is 198 g/mol. The van der Waals surface area contributed by atoms with Gasteiger partial charge in [-0.1, -0.05) is 12.1 Å². The number of quaternary nitrogens is 1. The van der Waals surface area contributed by atoms with Crippen LogP contribution in [0.25, 0.3) is 0 Å². The summed E-state index contributed by atoms with van der Waals surface area (Å²) in [6.07, 6.45) is 0. The van der Waals surface area contributed by atoms with E-state index in [1.54, 1.807) is 7.11 Å². The van der Waals surface area contributed by atoms with E-state index in [9.17, 15) is 4.39 Å². The third-order valence-electron chi connectivity index (χ3n) is 2.10. The minimum Gasteiger partial charge on any atom is -0.379 e. The molecule has 0 bridgehead atoms. The van der Waals surface area contributed by atoms with Gasteiger partial charge in [-0.15, -0.1) is 0 Å². The summed E-state index contributed by atoms with van der Waals surface area (Å²) in [5, 5.41) is 2.18. The Bertz CT molecular complexity index is 260. The molecule has 0 spiro atoms. The summed E-state index contributed by atoms with van der Waals surface area (Å²) in [5.41, 5.74) is 1.13. The van der Waals surface area contributed by atoms with E-state index in [2.05, 4.69) is 12.2 Å². The van der Waals surface area contributed by atoms with Crippen molar-refractivity contribution in [1.29, 1.82) is 0 Å². The van der Waals surface area contributed by atoms with Gasteiger partial charge in [-0.05, 0) is 19.1 Å². The van der Waals surface area contributed by atoms with Crippen LogP contribution in [0, 0.1) is 5.82 Å². The second kappa shape index (κ2) is 5.73. The lowest BCUT2D eigenvalue weighted by Crippen LogP contribution is -2.88. The van der Waals surface area contributed by atoms with E-state index in [1.165, 1.54) is 12.1 Å². The van der Waals surface area contributed by atoms with E-state index < -0.39 is 0 Å². The van der Waals surface area contributed by atoms with Crippen molar-refractivity contribution in [3.8, 4) is 0 Å². The van der Waals surface area contributed by atoms with Crippen molar-refractivity contribution in [3.05, 3.63) is 35.6 Å². The molecule has 0 amide bonds. The number of halogens is 1. The van der Waals surface area contributed by atoms with Gasteiger partial charge >= 0.3 is 0 Å². The number of hydrogen-bond donors (Lipinski definition) is 1. The summed E-state index contributed by atoms with van der Waals surface area (Å²) in [6, 6.07) is 7.04. The van der Waals surface area contributed by atoms with Crippen molar-refractivity contribution in [3.63, 3.8) is 0 Å². The molecule has 1 aromatic rings. The molecule has 0 aliphatic carbocycles. The van der Waals surface area contributed by atoms with Crippen LogP contribution in [0.5, 0.6) is 0 Å². The van der Waals surface area contributed by atoms with Gasteiger partial charge in [-0.2, -0.15) is 0 Å². The molecule has 2 N–H and O–H groups in total. The fraction of sp³-hybridized carbons (Fsp3) is 0.455. The minimum atomic E-state index is -0.182. The molecule has 0 aliphatic rings. The third-order valence-corrected chi connectivity index (χ3v) is 2.10. The number of nitrogens with two attached hydrogens (primary N) is 1. The normalized spacial score (nSPS) is 12.8. The Kier molecular flexibility index (Phi) is 4.56. The van der Waals surface area contributed by atoms with Crippen molar-refractivity contribution in [2.45, 2.75) is 19.5 Å². The maximum Gasteiger partial charge on any atom is 0.123 e. The zero-order chi connectivity index (χ0) is 10.4. The van der Waals surface area contributed by atoms with Crippen LogP contribution in [-0.4, -0.2) is 19.8 Å². The van der Waals surface area contributed by atoms with Crippen LogP contribution in [0.2, 0.25) is 0 Å². The van der Waals surface area contributed by atoms with Crippen LogP contribution in [0.1, 0.15) is 12.5 Å². The van der Waals surface area contributed by atoms with Gasteiger partial charge in [-0.3, -0.25) is 0 Å². The van der Waals surface area contributed by atoms with Crippen LogP contribution >= 0.6 is 0 Å². The van der Waals surface area contributed by atoms with E-state index >= 15 is 0 Å². The Morgan fingerprint density at radius 3 is 2.57 bits per heavy atom. The number of benzene rings is 1. The molecule has 0 saturated carbocycles. The SMILES string of the molecule is COC[C@H](C)[NH2+]Cc1ccc(F)cc1. The topological polar surface area (TPSA) is 25.8 Å². The van der Waals surface area contributed by atoms with Crippen molar-refractivity contribution < 1.29 is 14.4 Å². The van der Waals surface area contributed by atoms with Crippen LogP contribution in [0.15, 0.2) is 24.3 Å². The van der Waals surface area contributed by atoms with E-state index in [0.29, 0.717) is 6.04 Å².